The number of carbonyl (C=O) groups excluding carboxylic acids is 3. The molecule has 2 aromatic rings. The van der Waals surface area contributed by atoms with Gasteiger partial charge in [-0.15, -0.1) is 0 Å². The molecule has 1 aliphatic heterocycles. The third-order valence-electron chi connectivity index (χ3n) is 4.25. The third-order valence-corrected chi connectivity index (χ3v) is 4.25. The molecule has 1 atom stereocenters. The Bertz CT molecular complexity index is 847. The van der Waals surface area contributed by atoms with Crippen LogP contribution in [0.2, 0.25) is 0 Å². The zero-order chi connectivity index (χ0) is 18.7. The van der Waals surface area contributed by atoms with Crippen molar-refractivity contribution in [3.8, 4) is 0 Å². The number of hydrogen-bond donors (Lipinski definition) is 0. The molecule has 0 N–H and O–H groups in total. The Kier molecular flexibility index (Phi) is 5.02. The number of ether oxygens (including phenoxy) is 2. The van der Waals surface area contributed by atoms with Crippen LogP contribution in [0.3, 0.4) is 0 Å². The smallest absolute Gasteiger partial charge is 0.427 e. The quantitative estimate of drug-likeness (QED) is 0.622. The minimum absolute atomic E-state index is 0.0700. The molecular weight excluding hydrogens is 334 g/mol. The number of benzene rings is 2. The summed E-state index contributed by atoms with van der Waals surface area (Å²) < 4.78 is 9.90. The van der Waals surface area contributed by atoms with Crippen molar-refractivity contribution in [1.82, 2.24) is 4.90 Å². The van der Waals surface area contributed by atoms with Crippen LogP contribution in [0.15, 0.2) is 48.5 Å². The van der Waals surface area contributed by atoms with Crippen LogP contribution in [0.1, 0.15) is 27.0 Å². The Labute approximate surface area is 151 Å². The maximum Gasteiger partial charge on any atom is 0.427 e. The highest BCUT2D eigenvalue weighted by Gasteiger charge is 2.40. The molecule has 0 bridgehead atoms. The summed E-state index contributed by atoms with van der Waals surface area (Å²) in [7, 11) is 0. The summed E-state index contributed by atoms with van der Waals surface area (Å²) in [6.45, 7) is 3.73. The van der Waals surface area contributed by atoms with E-state index in [0.717, 1.165) is 16.0 Å². The molecule has 1 saturated heterocycles. The lowest BCUT2D eigenvalue weighted by molar-refractivity contribution is 0.0555. The van der Waals surface area contributed by atoms with Gasteiger partial charge in [-0.25, -0.2) is 19.3 Å². The third kappa shape index (κ3) is 3.74. The molecule has 0 saturated carbocycles. The van der Waals surface area contributed by atoms with E-state index in [4.69, 9.17) is 9.47 Å². The fourth-order valence-corrected chi connectivity index (χ4v) is 2.95. The highest BCUT2D eigenvalue weighted by molar-refractivity contribution is 6.01. The summed E-state index contributed by atoms with van der Waals surface area (Å²) in [5.41, 5.74) is 2.94. The van der Waals surface area contributed by atoms with Crippen LogP contribution in [0.5, 0.6) is 0 Å². The zero-order valence-electron chi connectivity index (χ0n) is 14.6. The van der Waals surface area contributed by atoms with Gasteiger partial charge in [0.25, 0.3) is 0 Å². The fraction of sp³-hybridized carbons (Fsp3) is 0.250. The van der Waals surface area contributed by atoms with Crippen LogP contribution in [-0.2, 0) is 15.9 Å². The summed E-state index contributed by atoms with van der Waals surface area (Å²) in [5.74, 6) is -0.786. The summed E-state index contributed by atoms with van der Waals surface area (Å²) in [6, 6.07) is 14.1. The van der Waals surface area contributed by atoms with Crippen molar-refractivity contribution in [1.29, 1.82) is 0 Å². The first-order valence-corrected chi connectivity index (χ1v) is 8.29. The number of imide groups is 1. The number of cyclic esters (lactones) is 1. The first-order valence-electron chi connectivity index (χ1n) is 8.29. The van der Waals surface area contributed by atoms with Crippen LogP contribution in [0.4, 0.5) is 9.59 Å². The fourth-order valence-electron chi connectivity index (χ4n) is 2.95. The first-order chi connectivity index (χ1) is 12.5. The highest BCUT2D eigenvalue weighted by Crippen LogP contribution is 2.20. The van der Waals surface area contributed by atoms with Gasteiger partial charge in [-0.3, -0.25) is 0 Å². The molecule has 0 radical (unpaired) electrons. The Morgan fingerprint density at radius 1 is 1.15 bits per heavy atom. The number of rotatable bonds is 3. The SMILES string of the molecule is Cc1ccc(C(=O)OC(=O)N2C(=O)OC[C@H]2Cc2ccccc2)c(C)c1. The standard InChI is InChI=1S/C20H19NO5/c1-13-8-9-17(14(2)10-13)18(22)26-20(24)21-16(12-25-19(21)23)11-15-6-4-3-5-7-15/h3-10,16H,11-12H2,1-2H3/t16-/m1/s1. The Morgan fingerprint density at radius 2 is 1.88 bits per heavy atom. The van der Waals surface area contributed by atoms with Gasteiger partial charge in [0.15, 0.2) is 0 Å². The molecule has 6 heteroatoms. The topological polar surface area (TPSA) is 72.9 Å². The van der Waals surface area contributed by atoms with E-state index in [1.165, 1.54) is 0 Å². The second kappa shape index (κ2) is 7.39. The molecular formula is C20H19NO5. The van der Waals surface area contributed by atoms with Gasteiger partial charge >= 0.3 is 18.2 Å². The van der Waals surface area contributed by atoms with Gasteiger partial charge in [0.1, 0.15) is 6.61 Å². The molecule has 2 aromatic carbocycles. The number of carbonyl (C=O) groups is 3. The average molecular weight is 353 g/mol. The predicted octanol–water partition coefficient (Wildman–Crippen LogP) is 3.64. The number of aryl methyl sites for hydroxylation is 2. The molecule has 2 amide bonds. The maximum absolute atomic E-state index is 12.4. The van der Waals surface area contributed by atoms with E-state index in [1.54, 1.807) is 19.1 Å². The van der Waals surface area contributed by atoms with Gasteiger partial charge in [-0.2, -0.15) is 0 Å². The Balaban J connectivity index is 1.72. The first kappa shape index (κ1) is 17.7. The monoisotopic (exact) mass is 353 g/mol. The number of amides is 2. The van der Waals surface area contributed by atoms with Crippen LogP contribution in [0, 0.1) is 13.8 Å². The minimum atomic E-state index is -1.02. The van der Waals surface area contributed by atoms with E-state index >= 15 is 0 Å². The molecule has 134 valence electrons. The molecule has 6 nitrogen and oxygen atoms in total. The molecule has 1 heterocycles. The van der Waals surface area contributed by atoms with Crippen LogP contribution in [0.25, 0.3) is 0 Å². The normalized spacial score (nSPS) is 16.3. The lowest BCUT2D eigenvalue weighted by Gasteiger charge is -2.18. The molecule has 1 fully saturated rings. The van der Waals surface area contributed by atoms with Crippen molar-refractivity contribution in [2.75, 3.05) is 6.61 Å². The van der Waals surface area contributed by atoms with Crippen LogP contribution < -0.4 is 0 Å². The van der Waals surface area contributed by atoms with Gasteiger partial charge in [0.05, 0.1) is 11.6 Å². The van der Waals surface area contributed by atoms with E-state index in [-0.39, 0.29) is 12.2 Å². The molecule has 26 heavy (non-hydrogen) atoms. The minimum Gasteiger partial charge on any atom is -0.447 e. The average Bonchev–Trinajstić information content (AvgIpc) is 2.96. The summed E-state index contributed by atoms with van der Waals surface area (Å²) >= 11 is 0. The van der Waals surface area contributed by atoms with E-state index in [1.807, 2.05) is 43.3 Å². The molecule has 3 rings (SSSR count). The van der Waals surface area contributed by atoms with Crippen LogP contribution in [-0.4, -0.2) is 35.7 Å². The Morgan fingerprint density at radius 3 is 2.58 bits per heavy atom. The summed E-state index contributed by atoms with van der Waals surface area (Å²) in [5, 5.41) is 0. The largest absolute Gasteiger partial charge is 0.447 e. The lowest BCUT2D eigenvalue weighted by Crippen LogP contribution is -2.41. The van der Waals surface area contributed by atoms with Gasteiger partial charge in [-0.1, -0.05) is 48.0 Å². The highest BCUT2D eigenvalue weighted by atomic mass is 16.6. The number of esters is 1. The molecule has 0 aromatic heterocycles. The van der Waals surface area contributed by atoms with E-state index in [0.29, 0.717) is 12.0 Å². The van der Waals surface area contributed by atoms with Crippen molar-refractivity contribution in [2.45, 2.75) is 26.3 Å². The number of nitrogens with zero attached hydrogens (tertiary/aromatic N) is 1. The van der Waals surface area contributed by atoms with Crippen LogP contribution >= 0.6 is 0 Å². The van der Waals surface area contributed by atoms with Gasteiger partial charge in [0.2, 0.25) is 0 Å². The van der Waals surface area contributed by atoms with E-state index in [2.05, 4.69) is 0 Å². The molecule has 1 aliphatic rings. The molecule has 0 spiro atoms. The van der Waals surface area contributed by atoms with E-state index in [9.17, 15) is 14.4 Å². The van der Waals surface area contributed by atoms with Crippen molar-refractivity contribution in [2.24, 2.45) is 0 Å². The van der Waals surface area contributed by atoms with Crippen molar-refractivity contribution < 1.29 is 23.9 Å². The Hall–Kier alpha value is -3.15. The molecule has 0 aliphatic carbocycles. The zero-order valence-corrected chi connectivity index (χ0v) is 14.6. The lowest BCUT2D eigenvalue weighted by atomic mass is 10.1. The van der Waals surface area contributed by atoms with Crippen molar-refractivity contribution in [3.63, 3.8) is 0 Å². The van der Waals surface area contributed by atoms with Gasteiger partial charge < -0.3 is 9.47 Å². The second-order valence-corrected chi connectivity index (χ2v) is 6.26. The summed E-state index contributed by atoms with van der Waals surface area (Å²) in [6.07, 6.45) is -1.39. The second-order valence-electron chi connectivity index (χ2n) is 6.26. The van der Waals surface area contributed by atoms with E-state index < -0.39 is 24.2 Å². The summed E-state index contributed by atoms with van der Waals surface area (Å²) in [4.78, 5) is 37.5. The maximum atomic E-state index is 12.4. The van der Waals surface area contributed by atoms with Crippen molar-refractivity contribution >= 4 is 18.2 Å². The predicted molar refractivity (Wildman–Crippen MR) is 93.8 cm³/mol. The number of hydrogen-bond acceptors (Lipinski definition) is 5. The van der Waals surface area contributed by atoms with Gasteiger partial charge in [0, 0.05) is 0 Å². The van der Waals surface area contributed by atoms with Crippen molar-refractivity contribution in [3.05, 3.63) is 70.8 Å². The molecule has 0 unspecified atom stereocenters. The van der Waals surface area contributed by atoms with Gasteiger partial charge in [-0.05, 0) is 37.5 Å².